The second-order valence-electron chi connectivity index (χ2n) is 2.94. The van der Waals surface area contributed by atoms with E-state index in [-0.39, 0.29) is 12.4 Å². The molecule has 0 N–H and O–H groups in total. The molecule has 66 valence electrons. The van der Waals surface area contributed by atoms with E-state index >= 15 is 0 Å². The molecule has 1 aromatic carbocycles. The van der Waals surface area contributed by atoms with Gasteiger partial charge in [-0.2, -0.15) is 5.26 Å². The van der Waals surface area contributed by atoms with Crippen molar-refractivity contribution < 1.29 is 9.47 Å². The zero-order valence-corrected chi connectivity index (χ0v) is 7.23. The molecule has 0 aliphatic carbocycles. The Hall–Kier alpha value is -1.53. The lowest BCUT2D eigenvalue weighted by Gasteiger charge is -2.02. The Balaban J connectivity index is 2.15. The average molecular weight is 175 g/mol. The summed E-state index contributed by atoms with van der Waals surface area (Å²) in [6.45, 7) is 1.93. The van der Waals surface area contributed by atoms with Crippen LogP contribution in [-0.4, -0.2) is 12.4 Å². The molecule has 0 aromatic heterocycles. The SMILES string of the molecule is CC1OC1Oc1ccccc1C#N. The van der Waals surface area contributed by atoms with Crippen LogP contribution in [0.2, 0.25) is 0 Å². The Morgan fingerprint density at radius 1 is 1.46 bits per heavy atom. The van der Waals surface area contributed by atoms with Gasteiger partial charge in [0.15, 0.2) is 0 Å². The third-order valence-corrected chi connectivity index (χ3v) is 1.91. The number of nitriles is 1. The summed E-state index contributed by atoms with van der Waals surface area (Å²) in [7, 11) is 0. The number of hydrogen-bond acceptors (Lipinski definition) is 3. The lowest BCUT2D eigenvalue weighted by atomic mass is 10.2. The van der Waals surface area contributed by atoms with Crippen LogP contribution in [0.25, 0.3) is 0 Å². The topological polar surface area (TPSA) is 45.5 Å². The van der Waals surface area contributed by atoms with Crippen molar-refractivity contribution in [3.8, 4) is 11.8 Å². The summed E-state index contributed by atoms with van der Waals surface area (Å²) in [6, 6.07) is 9.20. The van der Waals surface area contributed by atoms with E-state index in [0.29, 0.717) is 11.3 Å². The highest BCUT2D eigenvalue weighted by Gasteiger charge is 2.37. The molecule has 1 aromatic rings. The van der Waals surface area contributed by atoms with E-state index in [1.165, 1.54) is 0 Å². The van der Waals surface area contributed by atoms with Gasteiger partial charge in [-0.15, -0.1) is 0 Å². The van der Waals surface area contributed by atoms with Crippen LogP contribution in [0.3, 0.4) is 0 Å². The summed E-state index contributed by atoms with van der Waals surface area (Å²) in [4.78, 5) is 0. The van der Waals surface area contributed by atoms with Gasteiger partial charge in [-0.3, -0.25) is 0 Å². The van der Waals surface area contributed by atoms with Crippen LogP contribution in [0, 0.1) is 11.3 Å². The first-order valence-electron chi connectivity index (χ1n) is 4.12. The van der Waals surface area contributed by atoms with Crippen molar-refractivity contribution in [2.24, 2.45) is 0 Å². The van der Waals surface area contributed by atoms with Crippen LogP contribution in [-0.2, 0) is 4.74 Å². The predicted octanol–water partition coefficient (Wildman–Crippen LogP) is 1.68. The molecule has 0 radical (unpaired) electrons. The van der Waals surface area contributed by atoms with E-state index in [4.69, 9.17) is 14.7 Å². The van der Waals surface area contributed by atoms with E-state index in [2.05, 4.69) is 6.07 Å². The minimum Gasteiger partial charge on any atom is -0.461 e. The van der Waals surface area contributed by atoms with Crippen LogP contribution in [0.4, 0.5) is 0 Å². The van der Waals surface area contributed by atoms with Gasteiger partial charge < -0.3 is 9.47 Å². The molecule has 13 heavy (non-hydrogen) atoms. The standard InChI is InChI=1S/C10H9NO2/c1-7-10(12-7)13-9-5-3-2-4-8(9)6-11/h2-5,7,10H,1H3. The number of hydrogen-bond donors (Lipinski definition) is 0. The highest BCUT2D eigenvalue weighted by molar-refractivity contribution is 5.42. The number of rotatable bonds is 2. The third-order valence-electron chi connectivity index (χ3n) is 1.91. The zero-order chi connectivity index (χ0) is 9.26. The second-order valence-corrected chi connectivity index (χ2v) is 2.94. The van der Waals surface area contributed by atoms with Gasteiger partial charge in [-0.05, 0) is 19.1 Å². The van der Waals surface area contributed by atoms with Crippen LogP contribution in [0.15, 0.2) is 24.3 Å². The van der Waals surface area contributed by atoms with E-state index in [1.54, 1.807) is 12.1 Å². The molecule has 0 bridgehead atoms. The number of nitrogens with zero attached hydrogens (tertiary/aromatic N) is 1. The molecule has 1 saturated heterocycles. The van der Waals surface area contributed by atoms with Gasteiger partial charge in [-0.25, -0.2) is 0 Å². The number of epoxide rings is 1. The maximum absolute atomic E-state index is 8.75. The molecule has 0 amide bonds. The molecular formula is C10H9NO2. The van der Waals surface area contributed by atoms with Gasteiger partial charge in [0.2, 0.25) is 6.29 Å². The molecule has 2 atom stereocenters. The second kappa shape index (κ2) is 3.08. The highest BCUT2D eigenvalue weighted by atomic mass is 16.8. The van der Waals surface area contributed by atoms with Crippen LogP contribution >= 0.6 is 0 Å². The third kappa shape index (κ3) is 1.63. The fourth-order valence-electron chi connectivity index (χ4n) is 1.08. The van der Waals surface area contributed by atoms with Crippen LogP contribution in [0.5, 0.6) is 5.75 Å². The van der Waals surface area contributed by atoms with Gasteiger partial charge in [0, 0.05) is 0 Å². The van der Waals surface area contributed by atoms with Gasteiger partial charge in [-0.1, -0.05) is 12.1 Å². The van der Waals surface area contributed by atoms with E-state index < -0.39 is 0 Å². The van der Waals surface area contributed by atoms with Crippen molar-refractivity contribution >= 4 is 0 Å². The molecule has 3 nitrogen and oxygen atoms in total. The summed E-state index contributed by atoms with van der Waals surface area (Å²) >= 11 is 0. The molecule has 1 heterocycles. The van der Waals surface area contributed by atoms with Crippen molar-refractivity contribution in [3.63, 3.8) is 0 Å². The number of benzene rings is 1. The maximum Gasteiger partial charge on any atom is 0.226 e. The van der Waals surface area contributed by atoms with E-state index in [9.17, 15) is 0 Å². The first-order chi connectivity index (χ1) is 6.31. The molecular weight excluding hydrogens is 166 g/mol. The predicted molar refractivity (Wildman–Crippen MR) is 46.1 cm³/mol. The molecule has 0 spiro atoms. The molecule has 3 heteroatoms. The van der Waals surface area contributed by atoms with Crippen molar-refractivity contribution in [2.45, 2.75) is 19.3 Å². The molecule has 1 aliphatic heterocycles. The molecule has 1 fully saturated rings. The first kappa shape index (κ1) is 8.09. The minimum absolute atomic E-state index is 0.145. The summed E-state index contributed by atoms with van der Waals surface area (Å²) in [5, 5.41) is 8.75. The Morgan fingerprint density at radius 3 is 2.77 bits per heavy atom. The van der Waals surface area contributed by atoms with E-state index in [1.807, 2.05) is 19.1 Å². The summed E-state index contributed by atoms with van der Waals surface area (Å²) in [6.07, 6.45) is -0.0266. The normalized spacial score (nSPS) is 24.9. The van der Waals surface area contributed by atoms with Gasteiger partial charge in [0.25, 0.3) is 0 Å². The summed E-state index contributed by atoms with van der Waals surface area (Å²) in [5.41, 5.74) is 0.546. The average Bonchev–Trinajstić information content (AvgIpc) is 2.83. The monoisotopic (exact) mass is 175 g/mol. The van der Waals surface area contributed by atoms with Crippen molar-refractivity contribution in [3.05, 3.63) is 29.8 Å². The Morgan fingerprint density at radius 2 is 2.15 bits per heavy atom. The van der Waals surface area contributed by atoms with Crippen molar-refractivity contribution in [2.75, 3.05) is 0 Å². The number of para-hydroxylation sites is 1. The first-order valence-corrected chi connectivity index (χ1v) is 4.12. The van der Waals surface area contributed by atoms with Gasteiger partial charge >= 0.3 is 0 Å². The van der Waals surface area contributed by atoms with Gasteiger partial charge in [0.1, 0.15) is 17.9 Å². The van der Waals surface area contributed by atoms with Crippen molar-refractivity contribution in [1.29, 1.82) is 5.26 Å². The van der Waals surface area contributed by atoms with E-state index in [0.717, 1.165) is 0 Å². The lowest BCUT2D eigenvalue weighted by Crippen LogP contribution is -2.02. The fourth-order valence-corrected chi connectivity index (χ4v) is 1.08. The highest BCUT2D eigenvalue weighted by Crippen LogP contribution is 2.27. The Bertz CT molecular complexity index is 356. The zero-order valence-electron chi connectivity index (χ0n) is 7.23. The largest absolute Gasteiger partial charge is 0.461 e. The molecule has 2 rings (SSSR count). The van der Waals surface area contributed by atoms with Crippen LogP contribution in [0.1, 0.15) is 12.5 Å². The summed E-state index contributed by atoms with van der Waals surface area (Å²) < 4.78 is 10.5. The molecule has 1 aliphatic rings. The molecule has 0 saturated carbocycles. The van der Waals surface area contributed by atoms with Gasteiger partial charge in [0.05, 0.1) is 5.56 Å². The van der Waals surface area contributed by atoms with Crippen molar-refractivity contribution in [1.82, 2.24) is 0 Å². The van der Waals surface area contributed by atoms with Crippen LogP contribution < -0.4 is 4.74 Å². The molecule has 2 unspecified atom stereocenters. The number of ether oxygens (including phenoxy) is 2. The Kier molecular flexibility index (Phi) is 1.91. The Labute approximate surface area is 76.5 Å². The fraction of sp³-hybridized carbons (Fsp3) is 0.300. The quantitative estimate of drug-likeness (QED) is 0.642. The lowest BCUT2D eigenvalue weighted by molar-refractivity contribution is 0.178. The minimum atomic E-state index is -0.172. The summed E-state index contributed by atoms with van der Waals surface area (Å²) in [5.74, 6) is 0.597. The maximum atomic E-state index is 8.75. The smallest absolute Gasteiger partial charge is 0.226 e.